The van der Waals surface area contributed by atoms with E-state index in [4.69, 9.17) is 21.1 Å². The molecule has 0 spiro atoms. The maximum Gasteiger partial charge on any atom is 0.145 e. The fourth-order valence-electron chi connectivity index (χ4n) is 1.87. The van der Waals surface area contributed by atoms with E-state index < -0.39 is 11.9 Å². The third-order valence-corrected chi connectivity index (χ3v) is 3.22. The van der Waals surface area contributed by atoms with Gasteiger partial charge in [-0.05, 0) is 18.6 Å². The molecule has 0 radical (unpaired) electrons. The standard InChI is InChI=1S/C13H16ClFO3/c1-2-5-17-13-11(16)7-12(13)18-8-3-4-9(14)10(15)6-8/h3-4,6,11-13,16H,2,5,7H2,1H3. The summed E-state index contributed by atoms with van der Waals surface area (Å²) in [6.07, 6.45) is 0.318. The van der Waals surface area contributed by atoms with Crippen LogP contribution in [0.3, 0.4) is 0 Å². The Labute approximate surface area is 110 Å². The average molecular weight is 275 g/mol. The van der Waals surface area contributed by atoms with E-state index in [-0.39, 0.29) is 17.2 Å². The van der Waals surface area contributed by atoms with Crippen molar-refractivity contribution in [2.24, 2.45) is 0 Å². The summed E-state index contributed by atoms with van der Waals surface area (Å²) in [5, 5.41) is 9.65. The van der Waals surface area contributed by atoms with Gasteiger partial charge in [-0.1, -0.05) is 18.5 Å². The predicted molar refractivity (Wildman–Crippen MR) is 66.5 cm³/mol. The van der Waals surface area contributed by atoms with Crippen molar-refractivity contribution >= 4 is 11.6 Å². The van der Waals surface area contributed by atoms with E-state index in [1.165, 1.54) is 12.1 Å². The van der Waals surface area contributed by atoms with Gasteiger partial charge in [-0.2, -0.15) is 0 Å². The molecule has 18 heavy (non-hydrogen) atoms. The highest BCUT2D eigenvalue weighted by Crippen LogP contribution is 2.30. The summed E-state index contributed by atoms with van der Waals surface area (Å²) in [7, 11) is 0. The van der Waals surface area contributed by atoms with Crippen LogP contribution in [0.2, 0.25) is 5.02 Å². The Bertz CT molecular complexity index is 413. The molecule has 0 aliphatic heterocycles. The van der Waals surface area contributed by atoms with E-state index >= 15 is 0 Å². The van der Waals surface area contributed by atoms with E-state index in [9.17, 15) is 9.50 Å². The molecule has 1 aromatic rings. The maximum absolute atomic E-state index is 13.2. The van der Waals surface area contributed by atoms with Crippen molar-refractivity contribution in [3.8, 4) is 5.75 Å². The number of rotatable bonds is 5. The van der Waals surface area contributed by atoms with Crippen molar-refractivity contribution < 1.29 is 19.0 Å². The number of hydrogen-bond donors (Lipinski definition) is 1. The van der Waals surface area contributed by atoms with Crippen LogP contribution in [-0.2, 0) is 4.74 Å². The monoisotopic (exact) mass is 274 g/mol. The van der Waals surface area contributed by atoms with Crippen LogP contribution < -0.4 is 4.74 Å². The minimum absolute atomic E-state index is 0.0646. The molecule has 3 atom stereocenters. The van der Waals surface area contributed by atoms with Gasteiger partial charge in [-0.15, -0.1) is 0 Å². The molecular weight excluding hydrogens is 259 g/mol. The van der Waals surface area contributed by atoms with Crippen LogP contribution in [0.25, 0.3) is 0 Å². The van der Waals surface area contributed by atoms with E-state index in [1.807, 2.05) is 6.92 Å². The molecule has 0 bridgehead atoms. The van der Waals surface area contributed by atoms with Crippen molar-refractivity contribution in [2.45, 2.75) is 38.1 Å². The fourth-order valence-corrected chi connectivity index (χ4v) is 1.99. The number of hydrogen-bond acceptors (Lipinski definition) is 3. The van der Waals surface area contributed by atoms with Gasteiger partial charge in [0.25, 0.3) is 0 Å². The van der Waals surface area contributed by atoms with Crippen molar-refractivity contribution in [3.63, 3.8) is 0 Å². The molecule has 1 aliphatic rings. The summed E-state index contributed by atoms with van der Waals surface area (Å²) in [6.45, 7) is 2.58. The Balaban J connectivity index is 1.94. The Morgan fingerprint density at radius 1 is 1.50 bits per heavy atom. The second-order valence-electron chi connectivity index (χ2n) is 4.37. The highest BCUT2D eigenvalue weighted by Gasteiger charge is 2.42. The van der Waals surface area contributed by atoms with Crippen molar-refractivity contribution in [1.29, 1.82) is 0 Å². The Kier molecular flexibility index (Phi) is 4.43. The van der Waals surface area contributed by atoms with Gasteiger partial charge >= 0.3 is 0 Å². The lowest BCUT2D eigenvalue weighted by molar-refractivity contribution is -0.162. The summed E-state index contributed by atoms with van der Waals surface area (Å²) in [5.41, 5.74) is 0. The maximum atomic E-state index is 13.2. The largest absolute Gasteiger partial charge is 0.487 e. The number of aliphatic hydroxyl groups is 1. The molecule has 1 saturated carbocycles. The van der Waals surface area contributed by atoms with Gasteiger partial charge in [0.15, 0.2) is 0 Å². The molecule has 0 amide bonds. The van der Waals surface area contributed by atoms with E-state index in [0.29, 0.717) is 18.8 Å². The highest BCUT2D eigenvalue weighted by molar-refractivity contribution is 6.30. The smallest absolute Gasteiger partial charge is 0.145 e. The van der Waals surface area contributed by atoms with Gasteiger partial charge in [0.1, 0.15) is 23.8 Å². The summed E-state index contributed by atoms with van der Waals surface area (Å²) in [4.78, 5) is 0. The van der Waals surface area contributed by atoms with Crippen LogP contribution in [0.5, 0.6) is 5.75 Å². The average Bonchev–Trinajstić information content (AvgIpc) is 2.33. The van der Waals surface area contributed by atoms with Crippen LogP contribution in [0, 0.1) is 5.82 Å². The number of ether oxygens (including phenoxy) is 2. The second-order valence-corrected chi connectivity index (χ2v) is 4.78. The summed E-state index contributed by atoms with van der Waals surface area (Å²) in [6, 6.07) is 4.29. The van der Waals surface area contributed by atoms with Gasteiger partial charge in [0.2, 0.25) is 0 Å². The van der Waals surface area contributed by atoms with Crippen LogP contribution >= 0.6 is 11.6 Å². The normalized spacial score (nSPS) is 26.8. The highest BCUT2D eigenvalue weighted by atomic mass is 35.5. The first-order valence-electron chi connectivity index (χ1n) is 6.03. The van der Waals surface area contributed by atoms with Crippen molar-refractivity contribution in [2.75, 3.05) is 6.61 Å². The molecule has 2 rings (SSSR count). The zero-order chi connectivity index (χ0) is 13.1. The number of benzene rings is 1. The van der Waals surface area contributed by atoms with E-state index in [0.717, 1.165) is 6.42 Å². The Morgan fingerprint density at radius 3 is 2.89 bits per heavy atom. The van der Waals surface area contributed by atoms with Gasteiger partial charge in [-0.25, -0.2) is 4.39 Å². The topological polar surface area (TPSA) is 38.7 Å². The molecule has 0 saturated heterocycles. The van der Waals surface area contributed by atoms with E-state index in [1.54, 1.807) is 6.07 Å². The molecule has 0 aromatic heterocycles. The molecule has 1 N–H and O–H groups in total. The third kappa shape index (κ3) is 2.94. The Hall–Kier alpha value is -0.840. The molecule has 3 unspecified atom stereocenters. The lowest BCUT2D eigenvalue weighted by Crippen LogP contribution is -2.55. The number of aliphatic hydroxyl groups excluding tert-OH is 1. The summed E-state index contributed by atoms with van der Waals surface area (Å²) < 4.78 is 24.3. The van der Waals surface area contributed by atoms with Crippen LogP contribution in [0.1, 0.15) is 19.8 Å². The Morgan fingerprint density at radius 2 is 2.28 bits per heavy atom. The van der Waals surface area contributed by atoms with Gasteiger partial charge in [-0.3, -0.25) is 0 Å². The zero-order valence-electron chi connectivity index (χ0n) is 10.1. The number of halogens is 2. The molecule has 3 nitrogen and oxygen atoms in total. The first kappa shape index (κ1) is 13.6. The quantitative estimate of drug-likeness (QED) is 0.897. The van der Waals surface area contributed by atoms with Gasteiger partial charge in [0.05, 0.1) is 11.1 Å². The zero-order valence-corrected chi connectivity index (χ0v) is 10.9. The molecule has 1 aliphatic carbocycles. The molecule has 100 valence electrons. The predicted octanol–water partition coefficient (Wildman–Crippen LogP) is 2.79. The minimum Gasteiger partial charge on any atom is -0.487 e. The molecule has 5 heteroatoms. The first-order chi connectivity index (χ1) is 8.61. The van der Waals surface area contributed by atoms with Crippen molar-refractivity contribution in [3.05, 3.63) is 29.0 Å². The summed E-state index contributed by atoms with van der Waals surface area (Å²) in [5.74, 6) is -0.112. The van der Waals surface area contributed by atoms with Gasteiger partial charge in [0, 0.05) is 19.1 Å². The summed E-state index contributed by atoms with van der Waals surface area (Å²) >= 11 is 5.59. The lowest BCUT2D eigenvalue weighted by Gasteiger charge is -2.40. The van der Waals surface area contributed by atoms with E-state index in [2.05, 4.69) is 0 Å². The molecule has 1 fully saturated rings. The van der Waals surface area contributed by atoms with Gasteiger partial charge < -0.3 is 14.6 Å². The SMILES string of the molecule is CCCOC1C(O)CC1Oc1ccc(Cl)c(F)c1. The second kappa shape index (κ2) is 5.87. The molecular formula is C13H16ClFO3. The lowest BCUT2D eigenvalue weighted by atomic mass is 9.88. The van der Waals surface area contributed by atoms with Crippen LogP contribution in [0.4, 0.5) is 4.39 Å². The molecule has 1 aromatic carbocycles. The van der Waals surface area contributed by atoms with Crippen LogP contribution in [0.15, 0.2) is 18.2 Å². The fraction of sp³-hybridized carbons (Fsp3) is 0.538. The third-order valence-electron chi connectivity index (χ3n) is 2.91. The minimum atomic E-state index is -0.514. The first-order valence-corrected chi connectivity index (χ1v) is 6.41. The van der Waals surface area contributed by atoms with Crippen LogP contribution in [-0.4, -0.2) is 30.0 Å². The molecule has 0 heterocycles. The van der Waals surface area contributed by atoms with Crippen molar-refractivity contribution in [1.82, 2.24) is 0 Å².